The quantitative estimate of drug-likeness (QED) is 0.284. The van der Waals surface area contributed by atoms with Gasteiger partial charge in [-0.25, -0.2) is 4.98 Å². The van der Waals surface area contributed by atoms with Gasteiger partial charge in [0.15, 0.2) is 16.0 Å². The van der Waals surface area contributed by atoms with E-state index in [0.29, 0.717) is 19.5 Å². The number of thioether (sulfide) groups is 1. The molecule has 0 spiro atoms. The van der Waals surface area contributed by atoms with Gasteiger partial charge in [0, 0.05) is 21.7 Å². The molecular weight excluding hydrogens is 482 g/mol. The van der Waals surface area contributed by atoms with Crippen molar-refractivity contribution in [1.29, 1.82) is 5.26 Å². The monoisotopic (exact) mass is 497 g/mol. The van der Waals surface area contributed by atoms with Crippen LogP contribution in [-0.4, -0.2) is 26.7 Å². The molecule has 1 N–H and O–H groups in total. The van der Waals surface area contributed by atoms with Gasteiger partial charge in [0.05, 0.1) is 17.5 Å². The van der Waals surface area contributed by atoms with Crippen LogP contribution in [0.4, 0.5) is 10.8 Å². The predicted molar refractivity (Wildman–Crippen MR) is 131 cm³/mol. The molecule has 0 aliphatic carbocycles. The third-order valence-corrected chi connectivity index (χ3v) is 7.86. The maximum atomic E-state index is 12.7. The maximum absolute atomic E-state index is 12.7. The topological polar surface area (TPSA) is 91.6 Å². The number of nitrogens with zero attached hydrogens (tertiary/aromatic N) is 4. The largest absolute Gasteiger partial charge is 0.330 e. The average molecular weight is 498 g/mol. The Morgan fingerprint density at radius 2 is 2.03 bits per heavy atom. The number of carbonyl (C=O) groups is 1. The molecule has 2 aromatic heterocycles. The Kier molecular flexibility index (Phi) is 7.17. The summed E-state index contributed by atoms with van der Waals surface area (Å²) in [4.78, 5) is 17.2. The van der Waals surface area contributed by atoms with Crippen molar-refractivity contribution < 1.29 is 4.79 Å². The number of anilines is 2. The van der Waals surface area contributed by atoms with Gasteiger partial charge in [-0.15, -0.1) is 21.5 Å². The molecule has 6 nitrogen and oxygen atoms in total. The Morgan fingerprint density at radius 1 is 1.22 bits per heavy atom. The van der Waals surface area contributed by atoms with Crippen LogP contribution < -0.4 is 5.32 Å². The number of carbonyl (C=O) groups excluding carboxylic acids is 1. The summed E-state index contributed by atoms with van der Waals surface area (Å²) in [5.41, 5.74) is 3.49. The second-order valence-corrected chi connectivity index (χ2v) is 10.2. The second kappa shape index (κ2) is 10.2. The van der Waals surface area contributed by atoms with Crippen LogP contribution in [0.3, 0.4) is 0 Å². The molecule has 4 rings (SSSR count). The van der Waals surface area contributed by atoms with E-state index in [1.165, 1.54) is 34.4 Å². The number of aromatic nitrogens is 3. The molecule has 32 heavy (non-hydrogen) atoms. The Morgan fingerprint density at radius 3 is 2.81 bits per heavy atom. The van der Waals surface area contributed by atoms with Crippen molar-refractivity contribution in [3.63, 3.8) is 0 Å². The zero-order valence-corrected chi connectivity index (χ0v) is 20.0. The fraction of sp³-hybridized carbons (Fsp3) is 0.136. The summed E-state index contributed by atoms with van der Waals surface area (Å²) in [5, 5.41) is 24.7. The maximum Gasteiger partial charge on any atom is 0.210 e. The van der Waals surface area contributed by atoms with Gasteiger partial charge in [-0.05, 0) is 24.6 Å². The Hall–Kier alpha value is -2.77. The van der Waals surface area contributed by atoms with Crippen molar-refractivity contribution in [2.24, 2.45) is 0 Å². The Bertz CT molecular complexity index is 1280. The highest BCUT2D eigenvalue weighted by Gasteiger charge is 2.24. The summed E-state index contributed by atoms with van der Waals surface area (Å²) in [6.07, 6.45) is 0. The highest BCUT2D eigenvalue weighted by atomic mass is 35.5. The minimum Gasteiger partial charge on any atom is -0.330 e. The van der Waals surface area contributed by atoms with Crippen molar-refractivity contribution in [3.05, 3.63) is 69.5 Å². The number of thiazole rings is 1. The minimum atomic E-state index is -0.899. The summed E-state index contributed by atoms with van der Waals surface area (Å²) in [6.45, 7) is 1.92. The van der Waals surface area contributed by atoms with Gasteiger partial charge >= 0.3 is 0 Å². The van der Waals surface area contributed by atoms with Crippen LogP contribution in [0.5, 0.6) is 0 Å². The summed E-state index contributed by atoms with van der Waals surface area (Å²) in [6, 6.07) is 17.4. The number of nitriles is 1. The molecule has 1 atom stereocenters. The molecule has 0 aliphatic heterocycles. The molecule has 0 saturated carbocycles. The molecule has 0 radical (unpaired) electrons. The number of benzene rings is 2. The van der Waals surface area contributed by atoms with Crippen LogP contribution in [0.2, 0.25) is 5.02 Å². The summed E-state index contributed by atoms with van der Waals surface area (Å²) in [5.74, 6) is -0.991. The molecule has 10 heteroatoms. The summed E-state index contributed by atoms with van der Waals surface area (Å²) >= 11 is 10.1. The molecule has 0 amide bonds. The van der Waals surface area contributed by atoms with E-state index >= 15 is 0 Å². The van der Waals surface area contributed by atoms with Crippen LogP contribution in [-0.2, 0) is 4.79 Å². The number of ketones is 1. The van der Waals surface area contributed by atoms with Crippen molar-refractivity contribution >= 4 is 62.6 Å². The van der Waals surface area contributed by atoms with Crippen LogP contribution in [0.15, 0.2) is 58.3 Å². The Balaban J connectivity index is 1.38. The van der Waals surface area contributed by atoms with E-state index in [2.05, 4.69) is 26.6 Å². The molecule has 160 valence electrons. The van der Waals surface area contributed by atoms with E-state index < -0.39 is 5.92 Å². The first-order valence-corrected chi connectivity index (χ1v) is 12.5. The van der Waals surface area contributed by atoms with Gasteiger partial charge in [0.1, 0.15) is 5.01 Å². The number of hydrogen-bond acceptors (Lipinski definition) is 9. The Labute approximate surface area is 202 Å². The molecular formula is C22H16ClN5OS3. The molecule has 0 fully saturated rings. The van der Waals surface area contributed by atoms with E-state index in [0.717, 1.165) is 22.5 Å². The normalized spacial score (nSPS) is 11.7. The van der Waals surface area contributed by atoms with E-state index in [1.54, 1.807) is 0 Å². The van der Waals surface area contributed by atoms with Gasteiger partial charge in [0.25, 0.3) is 0 Å². The summed E-state index contributed by atoms with van der Waals surface area (Å²) < 4.78 is 0.640. The third kappa shape index (κ3) is 5.16. The second-order valence-electron chi connectivity index (χ2n) is 6.66. The zero-order chi connectivity index (χ0) is 22.5. The van der Waals surface area contributed by atoms with Gasteiger partial charge in [-0.1, -0.05) is 71.1 Å². The fourth-order valence-electron chi connectivity index (χ4n) is 2.82. The van der Waals surface area contributed by atoms with E-state index in [9.17, 15) is 10.1 Å². The van der Waals surface area contributed by atoms with E-state index in [4.69, 9.17) is 11.6 Å². The predicted octanol–water partition coefficient (Wildman–Crippen LogP) is 6.34. The lowest BCUT2D eigenvalue weighted by Gasteiger charge is -2.06. The smallest absolute Gasteiger partial charge is 0.210 e. The summed E-state index contributed by atoms with van der Waals surface area (Å²) in [7, 11) is 0. The first kappa shape index (κ1) is 22.4. The highest BCUT2D eigenvalue weighted by molar-refractivity contribution is 8.01. The minimum absolute atomic E-state index is 0.114. The van der Waals surface area contributed by atoms with E-state index in [1.807, 2.05) is 60.8 Å². The first-order chi connectivity index (χ1) is 15.5. The van der Waals surface area contributed by atoms with Crippen LogP contribution in [0.1, 0.15) is 16.5 Å². The number of rotatable bonds is 8. The number of Topliss-reactive ketones (excluding diaryl/α,β-unsaturated/α-hetero) is 1. The van der Waals surface area contributed by atoms with Gasteiger partial charge in [-0.3, -0.25) is 4.79 Å². The van der Waals surface area contributed by atoms with Gasteiger partial charge < -0.3 is 5.32 Å². The van der Waals surface area contributed by atoms with Crippen LogP contribution in [0, 0.1) is 18.3 Å². The lowest BCUT2D eigenvalue weighted by molar-refractivity contribution is -0.116. The third-order valence-electron chi connectivity index (χ3n) is 4.54. The fourth-order valence-corrected chi connectivity index (χ4v) is 5.56. The number of halogens is 1. The van der Waals surface area contributed by atoms with Crippen LogP contribution in [0.25, 0.3) is 11.3 Å². The SMILES string of the molecule is Cc1c(Cl)cccc1Nc1nnc(SCC(=O)C(C#N)c2nc(-c3ccccc3)cs2)s1. The molecule has 0 saturated heterocycles. The molecule has 4 aromatic rings. The van der Waals surface area contributed by atoms with Crippen molar-refractivity contribution in [3.8, 4) is 17.3 Å². The lowest BCUT2D eigenvalue weighted by atomic mass is 10.1. The lowest BCUT2D eigenvalue weighted by Crippen LogP contribution is -2.13. The molecule has 2 aromatic carbocycles. The standard InChI is InChI=1S/C22H16ClN5OS3/c1-13-16(23)8-5-9-17(13)26-21-27-28-22(32-21)31-12-19(29)15(10-24)20-25-18(11-30-20)14-6-3-2-4-7-14/h2-9,11,15H,12H2,1H3,(H,26,27). The first-order valence-electron chi connectivity index (χ1n) is 9.46. The van der Waals surface area contributed by atoms with Crippen molar-refractivity contribution in [1.82, 2.24) is 15.2 Å². The highest BCUT2D eigenvalue weighted by Crippen LogP contribution is 2.32. The van der Waals surface area contributed by atoms with E-state index in [-0.39, 0.29) is 11.5 Å². The van der Waals surface area contributed by atoms with Gasteiger partial charge in [0.2, 0.25) is 5.13 Å². The molecule has 0 bridgehead atoms. The molecule has 0 aliphatic rings. The average Bonchev–Trinajstić information content (AvgIpc) is 3.47. The van der Waals surface area contributed by atoms with Crippen LogP contribution >= 0.6 is 46.0 Å². The molecule has 1 unspecified atom stereocenters. The number of hydrogen-bond donors (Lipinski definition) is 1. The van der Waals surface area contributed by atoms with Crippen molar-refractivity contribution in [2.75, 3.05) is 11.1 Å². The van der Waals surface area contributed by atoms with Gasteiger partial charge in [-0.2, -0.15) is 5.26 Å². The zero-order valence-electron chi connectivity index (χ0n) is 16.8. The van der Waals surface area contributed by atoms with Crippen molar-refractivity contribution in [2.45, 2.75) is 17.2 Å². The molecule has 2 heterocycles. The number of nitrogens with one attached hydrogen (secondary N) is 1.